The zero-order valence-corrected chi connectivity index (χ0v) is 20.1. The predicted octanol–water partition coefficient (Wildman–Crippen LogP) is 8.33. The molecule has 0 aliphatic heterocycles. The lowest BCUT2D eigenvalue weighted by Gasteiger charge is -2.33. The van der Waals surface area contributed by atoms with Crippen LogP contribution in [0, 0.1) is 5.82 Å². The smallest absolute Gasteiger partial charge is 0.142 e. The Morgan fingerprint density at radius 2 is 1.08 bits per heavy atom. The first-order valence-electron chi connectivity index (χ1n) is 11.8. The van der Waals surface area contributed by atoms with Gasteiger partial charge in [-0.2, -0.15) is 0 Å². The third-order valence-electron chi connectivity index (χ3n) is 6.88. The molecule has 1 aliphatic carbocycles. The highest BCUT2D eigenvalue weighted by Crippen LogP contribution is 2.48. The van der Waals surface area contributed by atoms with E-state index in [2.05, 4.69) is 6.08 Å². The summed E-state index contributed by atoms with van der Waals surface area (Å²) in [6, 6.07) is 38.0. The molecule has 0 spiro atoms. The molecule has 0 saturated heterocycles. The topological polar surface area (TPSA) is 20.2 Å². The molecule has 0 bridgehead atoms. The third-order valence-corrected chi connectivity index (χ3v) is 7.14. The Morgan fingerprint density at radius 1 is 0.556 bits per heavy atom. The molecular formula is C33H22ClFO. The molecule has 1 N–H and O–H groups in total. The van der Waals surface area contributed by atoms with Crippen LogP contribution in [0.1, 0.15) is 33.4 Å². The zero-order chi connectivity index (χ0) is 24.7. The highest BCUT2D eigenvalue weighted by molar-refractivity contribution is 6.30. The molecule has 1 nitrogen and oxygen atoms in total. The van der Waals surface area contributed by atoms with Gasteiger partial charge >= 0.3 is 0 Å². The summed E-state index contributed by atoms with van der Waals surface area (Å²) >= 11 is 6.17. The van der Waals surface area contributed by atoms with Gasteiger partial charge in [-0.25, -0.2) is 4.39 Å². The van der Waals surface area contributed by atoms with Crippen LogP contribution in [0.15, 0.2) is 121 Å². The lowest BCUT2D eigenvalue weighted by atomic mass is 9.75. The summed E-state index contributed by atoms with van der Waals surface area (Å²) in [5, 5.41) is 13.6. The molecule has 3 heteroatoms. The standard InChI is InChI=1S/C33H22ClFO/c34-25-17-13-22(14-18-25)27-8-2-5-11-31(27)33(36)30-10-4-1-7-24(30)21-29(23-15-19-26(35)20-16-23)28-9-3-6-12-32(28)33/h1-21,36H. The van der Waals surface area contributed by atoms with Crippen molar-refractivity contribution in [1.82, 2.24) is 0 Å². The van der Waals surface area contributed by atoms with Crippen LogP contribution in [-0.4, -0.2) is 5.11 Å². The van der Waals surface area contributed by atoms with E-state index in [0.29, 0.717) is 5.02 Å². The van der Waals surface area contributed by atoms with Crippen LogP contribution in [0.3, 0.4) is 0 Å². The van der Waals surface area contributed by atoms with Crippen LogP contribution in [0.5, 0.6) is 0 Å². The number of halogens is 2. The third kappa shape index (κ3) is 3.67. The Morgan fingerprint density at radius 3 is 1.78 bits per heavy atom. The lowest BCUT2D eigenvalue weighted by molar-refractivity contribution is 0.126. The highest BCUT2D eigenvalue weighted by atomic mass is 35.5. The van der Waals surface area contributed by atoms with Crippen molar-refractivity contribution in [2.45, 2.75) is 5.60 Å². The normalized spacial score (nSPS) is 16.5. The second kappa shape index (κ2) is 8.91. The van der Waals surface area contributed by atoms with Gasteiger partial charge in [0.25, 0.3) is 0 Å². The molecule has 1 unspecified atom stereocenters. The number of hydrogen-bond donors (Lipinski definition) is 1. The average Bonchev–Trinajstić information content (AvgIpc) is 3.03. The van der Waals surface area contributed by atoms with Crippen molar-refractivity contribution in [3.63, 3.8) is 0 Å². The maximum Gasteiger partial charge on any atom is 0.142 e. The van der Waals surface area contributed by atoms with Crippen molar-refractivity contribution in [3.05, 3.63) is 166 Å². The van der Waals surface area contributed by atoms with E-state index in [1.165, 1.54) is 12.1 Å². The van der Waals surface area contributed by atoms with Gasteiger partial charge in [0, 0.05) is 16.1 Å². The molecule has 1 aliphatic rings. The van der Waals surface area contributed by atoms with Crippen LogP contribution in [-0.2, 0) is 5.60 Å². The first kappa shape index (κ1) is 22.5. The maximum atomic E-state index is 13.8. The largest absolute Gasteiger partial charge is 0.376 e. The number of benzene rings is 5. The van der Waals surface area contributed by atoms with Gasteiger partial charge in [-0.1, -0.05) is 109 Å². The minimum Gasteiger partial charge on any atom is -0.376 e. The van der Waals surface area contributed by atoms with Crippen LogP contribution < -0.4 is 0 Å². The average molecular weight is 489 g/mol. The van der Waals surface area contributed by atoms with Gasteiger partial charge in [-0.3, -0.25) is 0 Å². The zero-order valence-electron chi connectivity index (χ0n) is 19.3. The van der Waals surface area contributed by atoms with Crippen LogP contribution in [0.2, 0.25) is 5.02 Å². The summed E-state index contributed by atoms with van der Waals surface area (Å²) in [7, 11) is 0. The summed E-state index contributed by atoms with van der Waals surface area (Å²) in [6.45, 7) is 0. The molecule has 6 rings (SSSR count). The van der Waals surface area contributed by atoms with Crippen molar-refractivity contribution >= 4 is 23.3 Å². The van der Waals surface area contributed by atoms with Gasteiger partial charge in [0.2, 0.25) is 0 Å². The van der Waals surface area contributed by atoms with Gasteiger partial charge in [-0.05, 0) is 69.3 Å². The van der Waals surface area contributed by atoms with Gasteiger partial charge in [0.05, 0.1) is 0 Å². The Balaban J connectivity index is 1.68. The van der Waals surface area contributed by atoms with Gasteiger partial charge in [-0.15, -0.1) is 0 Å². The van der Waals surface area contributed by atoms with Gasteiger partial charge in [0.1, 0.15) is 11.4 Å². The molecule has 0 amide bonds. The number of aliphatic hydroxyl groups is 1. The van der Waals surface area contributed by atoms with Gasteiger partial charge in [0.15, 0.2) is 0 Å². The Kier molecular flexibility index (Phi) is 5.56. The van der Waals surface area contributed by atoms with Crippen molar-refractivity contribution in [3.8, 4) is 11.1 Å². The first-order valence-corrected chi connectivity index (χ1v) is 12.2. The quantitative estimate of drug-likeness (QED) is 0.270. The van der Waals surface area contributed by atoms with Gasteiger partial charge < -0.3 is 5.11 Å². The van der Waals surface area contributed by atoms with Crippen LogP contribution in [0.4, 0.5) is 4.39 Å². The van der Waals surface area contributed by atoms with E-state index in [-0.39, 0.29) is 5.82 Å². The van der Waals surface area contributed by atoms with E-state index in [4.69, 9.17) is 11.6 Å². The fourth-order valence-corrected chi connectivity index (χ4v) is 5.33. The molecule has 1 atom stereocenters. The molecule has 0 radical (unpaired) electrons. The van der Waals surface area contributed by atoms with E-state index < -0.39 is 5.60 Å². The second-order valence-corrected chi connectivity index (χ2v) is 9.40. The maximum absolute atomic E-state index is 13.8. The number of hydrogen-bond acceptors (Lipinski definition) is 1. The monoisotopic (exact) mass is 488 g/mol. The van der Waals surface area contributed by atoms with Crippen molar-refractivity contribution in [2.75, 3.05) is 0 Å². The van der Waals surface area contributed by atoms with Crippen molar-refractivity contribution in [2.24, 2.45) is 0 Å². The molecule has 0 saturated carbocycles. The van der Waals surface area contributed by atoms with Crippen LogP contribution >= 0.6 is 11.6 Å². The lowest BCUT2D eigenvalue weighted by Crippen LogP contribution is -2.31. The predicted molar refractivity (Wildman–Crippen MR) is 145 cm³/mol. The Hall–Kier alpha value is -3.98. The molecule has 0 aromatic heterocycles. The molecule has 174 valence electrons. The first-order chi connectivity index (χ1) is 17.6. The highest BCUT2D eigenvalue weighted by Gasteiger charge is 2.40. The molecule has 36 heavy (non-hydrogen) atoms. The molecule has 0 heterocycles. The second-order valence-electron chi connectivity index (χ2n) is 8.96. The van der Waals surface area contributed by atoms with E-state index in [0.717, 1.165) is 50.1 Å². The van der Waals surface area contributed by atoms with E-state index in [9.17, 15) is 9.50 Å². The number of fused-ring (bicyclic) bond motifs is 2. The fraction of sp³-hybridized carbons (Fsp3) is 0.0303. The molecule has 5 aromatic rings. The van der Waals surface area contributed by atoms with E-state index in [1.807, 2.05) is 97.1 Å². The SMILES string of the molecule is OC1(c2ccccc2-c2ccc(Cl)cc2)c2ccccc2C=C(c2ccc(F)cc2)c2ccccc21. The fourth-order valence-electron chi connectivity index (χ4n) is 5.20. The minimum atomic E-state index is -1.44. The van der Waals surface area contributed by atoms with E-state index in [1.54, 1.807) is 12.1 Å². The van der Waals surface area contributed by atoms with Crippen molar-refractivity contribution in [1.29, 1.82) is 0 Å². The van der Waals surface area contributed by atoms with Crippen LogP contribution in [0.25, 0.3) is 22.8 Å². The molecule has 0 fully saturated rings. The Bertz CT molecular complexity index is 1600. The summed E-state index contributed by atoms with van der Waals surface area (Å²) in [4.78, 5) is 0. The minimum absolute atomic E-state index is 0.282. The summed E-state index contributed by atoms with van der Waals surface area (Å²) < 4.78 is 13.8. The number of rotatable bonds is 3. The molecular weight excluding hydrogens is 467 g/mol. The summed E-state index contributed by atoms with van der Waals surface area (Å²) in [5.74, 6) is -0.282. The summed E-state index contributed by atoms with van der Waals surface area (Å²) in [6.07, 6.45) is 2.09. The molecule has 5 aromatic carbocycles. The summed E-state index contributed by atoms with van der Waals surface area (Å²) in [5.41, 5.74) is 6.40. The van der Waals surface area contributed by atoms with Crippen molar-refractivity contribution < 1.29 is 9.50 Å². The van der Waals surface area contributed by atoms with E-state index >= 15 is 0 Å². The Labute approximate surface area is 214 Å².